The van der Waals surface area contributed by atoms with Crippen LogP contribution in [0.1, 0.15) is 49.8 Å². The number of benzene rings is 1. The molecular weight excluding hydrogens is 400 g/mol. The molecule has 0 bridgehead atoms. The summed E-state index contributed by atoms with van der Waals surface area (Å²) in [6.45, 7) is 2.01. The van der Waals surface area contributed by atoms with E-state index in [1.165, 1.54) is 5.56 Å². The molecule has 0 atom stereocenters. The molecule has 2 fully saturated rings. The number of hydrogen-bond acceptors (Lipinski definition) is 5. The van der Waals surface area contributed by atoms with Crippen molar-refractivity contribution >= 4 is 18.3 Å². The maximum Gasteiger partial charge on any atom is 0.242 e. The summed E-state index contributed by atoms with van der Waals surface area (Å²) in [5.41, 5.74) is 8.53. The number of likely N-dealkylation sites (tertiary alicyclic amines) is 1. The Labute approximate surface area is 183 Å². The number of amides is 1. The van der Waals surface area contributed by atoms with Crippen molar-refractivity contribution in [3.63, 3.8) is 0 Å². The Bertz CT molecular complexity index is 907. The van der Waals surface area contributed by atoms with E-state index in [1.807, 2.05) is 41.4 Å². The van der Waals surface area contributed by atoms with Gasteiger partial charge in [0, 0.05) is 24.8 Å². The first kappa shape index (κ1) is 21.2. The minimum Gasteiger partial charge on any atom is -0.368 e. The Morgan fingerprint density at radius 2 is 1.77 bits per heavy atom. The van der Waals surface area contributed by atoms with Gasteiger partial charge in [0.2, 0.25) is 5.91 Å². The summed E-state index contributed by atoms with van der Waals surface area (Å²) in [5.74, 6) is 0.855. The second kappa shape index (κ2) is 8.25. The molecular formula is C23H29ClN4O2. The van der Waals surface area contributed by atoms with E-state index in [9.17, 15) is 4.79 Å². The molecule has 1 saturated heterocycles. The molecule has 1 saturated carbocycles. The zero-order valence-corrected chi connectivity index (χ0v) is 18.0. The van der Waals surface area contributed by atoms with E-state index in [2.05, 4.69) is 4.98 Å². The van der Waals surface area contributed by atoms with Gasteiger partial charge in [0.05, 0.1) is 17.8 Å². The Morgan fingerprint density at radius 1 is 1.07 bits per heavy atom. The monoisotopic (exact) mass is 428 g/mol. The molecule has 1 amide bonds. The van der Waals surface area contributed by atoms with Crippen LogP contribution >= 0.6 is 12.4 Å². The summed E-state index contributed by atoms with van der Waals surface area (Å²) in [7, 11) is 0. The molecule has 1 aromatic carbocycles. The van der Waals surface area contributed by atoms with Gasteiger partial charge in [0.25, 0.3) is 0 Å². The second-order valence-electron chi connectivity index (χ2n) is 8.68. The topological polar surface area (TPSA) is 81.3 Å². The maximum absolute atomic E-state index is 13.0. The van der Waals surface area contributed by atoms with Crippen LogP contribution in [0.15, 0.2) is 36.5 Å². The van der Waals surface area contributed by atoms with Gasteiger partial charge in [0.1, 0.15) is 5.60 Å². The number of nitrogens with zero attached hydrogens (tertiary/aromatic N) is 3. The van der Waals surface area contributed by atoms with Crippen LogP contribution in [0.5, 0.6) is 0 Å². The van der Waals surface area contributed by atoms with Crippen molar-refractivity contribution in [2.75, 3.05) is 19.7 Å². The van der Waals surface area contributed by atoms with Crippen molar-refractivity contribution in [2.24, 2.45) is 5.73 Å². The van der Waals surface area contributed by atoms with E-state index >= 15 is 0 Å². The van der Waals surface area contributed by atoms with Crippen LogP contribution in [0.4, 0.5) is 0 Å². The van der Waals surface area contributed by atoms with Gasteiger partial charge in [-0.2, -0.15) is 0 Å². The standard InChI is InChI=1S/C23H28N4O2.ClH/c24-22(9-4-5-10-22)21(28)27-13-11-23(12-14-27)19-18(8-15-29-23)16-25-20(26-19)17-6-2-1-3-7-17;/h1-3,6-7,16H,4-5,8-15,24H2;1H. The molecule has 0 radical (unpaired) electrons. The van der Waals surface area contributed by atoms with Crippen molar-refractivity contribution in [3.05, 3.63) is 47.8 Å². The maximum atomic E-state index is 13.0. The highest BCUT2D eigenvalue weighted by molar-refractivity contribution is 5.86. The molecule has 0 unspecified atom stereocenters. The summed E-state index contributed by atoms with van der Waals surface area (Å²) >= 11 is 0. The van der Waals surface area contributed by atoms with Gasteiger partial charge in [-0.05, 0) is 37.7 Å². The Kier molecular flexibility index (Phi) is 5.84. The predicted octanol–water partition coefficient (Wildman–Crippen LogP) is 3.23. The summed E-state index contributed by atoms with van der Waals surface area (Å²) < 4.78 is 6.34. The molecule has 30 heavy (non-hydrogen) atoms. The number of piperidine rings is 1. The van der Waals surface area contributed by atoms with E-state index in [0.29, 0.717) is 19.7 Å². The second-order valence-corrected chi connectivity index (χ2v) is 8.68. The number of hydrogen-bond donors (Lipinski definition) is 1. The van der Waals surface area contributed by atoms with Gasteiger partial charge in [-0.25, -0.2) is 9.97 Å². The zero-order valence-electron chi connectivity index (χ0n) is 17.2. The molecule has 7 heteroatoms. The highest BCUT2D eigenvalue weighted by Crippen LogP contribution is 2.41. The molecule has 160 valence electrons. The number of halogens is 1. The average Bonchev–Trinajstić information content (AvgIpc) is 3.22. The van der Waals surface area contributed by atoms with Gasteiger partial charge in [-0.3, -0.25) is 4.79 Å². The molecule has 6 nitrogen and oxygen atoms in total. The van der Waals surface area contributed by atoms with Crippen molar-refractivity contribution in [2.45, 2.75) is 56.1 Å². The first-order valence-corrected chi connectivity index (χ1v) is 10.7. The van der Waals surface area contributed by atoms with E-state index in [4.69, 9.17) is 15.5 Å². The van der Waals surface area contributed by atoms with E-state index < -0.39 is 11.1 Å². The van der Waals surface area contributed by atoms with Gasteiger partial charge in [-0.15, -0.1) is 12.4 Å². The fourth-order valence-electron chi connectivity index (χ4n) is 5.12. The van der Waals surface area contributed by atoms with Crippen LogP contribution in [-0.4, -0.2) is 46.0 Å². The van der Waals surface area contributed by atoms with Crippen LogP contribution in [0, 0.1) is 0 Å². The Balaban J connectivity index is 0.00000218. The van der Waals surface area contributed by atoms with Crippen LogP contribution in [-0.2, 0) is 21.6 Å². The molecule has 1 spiro atoms. The quantitative estimate of drug-likeness (QED) is 0.794. The molecule has 2 aliphatic heterocycles. The third-order valence-electron chi connectivity index (χ3n) is 6.86. The number of aromatic nitrogens is 2. The van der Waals surface area contributed by atoms with Gasteiger partial charge >= 0.3 is 0 Å². The Hall–Kier alpha value is -2.02. The third-order valence-corrected chi connectivity index (χ3v) is 6.86. The summed E-state index contributed by atoms with van der Waals surface area (Å²) in [5, 5.41) is 0. The van der Waals surface area contributed by atoms with Crippen molar-refractivity contribution in [3.8, 4) is 11.4 Å². The van der Waals surface area contributed by atoms with Crippen LogP contribution in [0.2, 0.25) is 0 Å². The predicted molar refractivity (Wildman–Crippen MR) is 117 cm³/mol. The first-order chi connectivity index (χ1) is 14.1. The number of rotatable bonds is 2. The minimum absolute atomic E-state index is 0. The van der Waals surface area contributed by atoms with Gasteiger partial charge < -0.3 is 15.4 Å². The number of nitrogens with two attached hydrogens (primary N) is 1. The fraction of sp³-hybridized carbons (Fsp3) is 0.522. The third kappa shape index (κ3) is 3.61. The smallest absolute Gasteiger partial charge is 0.242 e. The summed E-state index contributed by atoms with van der Waals surface area (Å²) in [6, 6.07) is 10.1. The largest absolute Gasteiger partial charge is 0.368 e. The van der Waals surface area contributed by atoms with Crippen molar-refractivity contribution < 1.29 is 9.53 Å². The molecule has 1 aliphatic carbocycles. The lowest BCUT2D eigenvalue weighted by Crippen LogP contribution is -2.57. The highest BCUT2D eigenvalue weighted by atomic mass is 35.5. The van der Waals surface area contributed by atoms with E-state index in [-0.39, 0.29) is 18.3 Å². The van der Waals surface area contributed by atoms with Gasteiger partial charge in [0.15, 0.2) is 5.82 Å². The van der Waals surface area contributed by atoms with Crippen molar-refractivity contribution in [1.29, 1.82) is 0 Å². The lowest BCUT2D eigenvalue weighted by Gasteiger charge is -2.45. The van der Waals surface area contributed by atoms with Crippen LogP contribution < -0.4 is 5.73 Å². The zero-order chi connectivity index (χ0) is 19.9. The number of ether oxygens (including phenoxy) is 1. The average molecular weight is 429 g/mol. The minimum atomic E-state index is -0.654. The molecule has 3 aliphatic rings. The van der Waals surface area contributed by atoms with Crippen molar-refractivity contribution in [1.82, 2.24) is 14.9 Å². The van der Waals surface area contributed by atoms with Gasteiger partial charge in [-0.1, -0.05) is 43.2 Å². The first-order valence-electron chi connectivity index (χ1n) is 10.7. The SMILES string of the molecule is Cl.NC1(C(=O)N2CCC3(CC2)OCCc2cnc(-c4ccccc4)nc23)CCCC1. The number of carbonyl (C=O) groups is 1. The lowest BCUT2D eigenvalue weighted by molar-refractivity contribution is -0.146. The molecule has 2 N–H and O–H groups in total. The summed E-state index contributed by atoms with van der Waals surface area (Å²) in [4.78, 5) is 24.5. The number of carbonyl (C=O) groups excluding carboxylic acids is 1. The molecule has 3 heterocycles. The van der Waals surface area contributed by atoms with E-state index in [1.54, 1.807) is 0 Å². The molecule has 2 aromatic rings. The Morgan fingerprint density at radius 3 is 2.47 bits per heavy atom. The normalized spacial score (nSPS) is 21.7. The van der Waals surface area contributed by atoms with E-state index in [0.717, 1.165) is 62.0 Å². The summed E-state index contributed by atoms with van der Waals surface area (Å²) in [6.07, 6.45) is 8.02. The highest BCUT2D eigenvalue weighted by Gasteiger charge is 2.46. The number of fused-ring (bicyclic) bond motifs is 2. The van der Waals surface area contributed by atoms with Crippen LogP contribution in [0.3, 0.4) is 0 Å². The molecule has 5 rings (SSSR count). The fourth-order valence-corrected chi connectivity index (χ4v) is 5.12. The molecule has 1 aromatic heterocycles. The lowest BCUT2D eigenvalue weighted by atomic mass is 9.82. The van der Waals surface area contributed by atoms with Crippen LogP contribution in [0.25, 0.3) is 11.4 Å².